The number of hydrogen-bond donors (Lipinski definition) is 1. The Hall–Kier alpha value is -1.56. The molecule has 0 fully saturated rings. The fraction of sp³-hybridized carbons (Fsp3) is 0.250. The lowest BCUT2D eigenvalue weighted by Crippen LogP contribution is -2.20. The summed E-state index contributed by atoms with van der Waals surface area (Å²) >= 11 is 13.1. The molecule has 1 amide bonds. The van der Waals surface area contributed by atoms with Gasteiger partial charge in [0.25, 0.3) is 5.91 Å². The molecule has 0 bridgehead atoms. The number of ether oxygens (including phenoxy) is 1. The van der Waals surface area contributed by atoms with E-state index in [2.05, 4.69) is 5.32 Å². The summed E-state index contributed by atoms with van der Waals surface area (Å²) in [6, 6.07) is 6.61. The first-order valence-corrected chi connectivity index (χ1v) is 8.64. The molecule has 1 aliphatic rings. The van der Waals surface area contributed by atoms with Gasteiger partial charge in [-0.05, 0) is 49.1 Å². The van der Waals surface area contributed by atoms with Gasteiger partial charge >= 0.3 is 5.97 Å². The van der Waals surface area contributed by atoms with E-state index in [1.54, 1.807) is 12.1 Å². The quantitative estimate of drug-likeness (QED) is 0.815. The molecule has 7 heteroatoms. The molecule has 0 aliphatic heterocycles. The molecule has 1 aromatic carbocycles. The topological polar surface area (TPSA) is 55.4 Å². The van der Waals surface area contributed by atoms with Crippen LogP contribution >= 0.6 is 34.5 Å². The average molecular weight is 370 g/mol. The molecule has 0 atom stereocenters. The maximum Gasteiger partial charge on any atom is 0.348 e. The van der Waals surface area contributed by atoms with Gasteiger partial charge in [0, 0.05) is 10.6 Å². The number of amides is 1. The number of carbonyl (C=O) groups is 2. The maximum atomic E-state index is 12.0. The van der Waals surface area contributed by atoms with Crippen molar-refractivity contribution in [2.45, 2.75) is 19.3 Å². The van der Waals surface area contributed by atoms with Gasteiger partial charge in [-0.3, -0.25) is 4.79 Å². The van der Waals surface area contributed by atoms with Gasteiger partial charge in [-0.1, -0.05) is 23.2 Å². The zero-order valence-corrected chi connectivity index (χ0v) is 14.4. The van der Waals surface area contributed by atoms with Crippen LogP contribution < -0.4 is 5.32 Å². The molecular weight excluding hydrogens is 357 g/mol. The van der Waals surface area contributed by atoms with Gasteiger partial charge in [0.1, 0.15) is 4.88 Å². The van der Waals surface area contributed by atoms with Crippen molar-refractivity contribution in [1.29, 1.82) is 0 Å². The molecule has 1 heterocycles. The Bertz CT molecular complexity index is 751. The first-order chi connectivity index (χ1) is 11.0. The molecule has 1 N–H and O–H groups in total. The van der Waals surface area contributed by atoms with Crippen molar-refractivity contribution < 1.29 is 14.3 Å². The fourth-order valence-corrected chi connectivity index (χ4v) is 3.85. The van der Waals surface area contributed by atoms with E-state index in [-0.39, 0.29) is 6.61 Å². The maximum absolute atomic E-state index is 12.0. The van der Waals surface area contributed by atoms with Crippen molar-refractivity contribution in [3.8, 4) is 0 Å². The lowest BCUT2D eigenvalue weighted by Gasteiger charge is -2.07. The van der Waals surface area contributed by atoms with Crippen LogP contribution in [0.15, 0.2) is 24.3 Å². The molecule has 0 saturated carbocycles. The van der Waals surface area contributed by atoms with Gasteiger partial charge in [0.05, 0.1) is 10.0 Å². The van der Waals surface area contributed by atoms with Crippen molar-refractivity contribution in [2.75, 3.05) is 11.9 Å². The number of fused-ring (bicyclic) bond motifs is 1. The summed E-state index contributed by atoms with van der Waals surface area (Å²) in [4.78, 5) is 25.6. The van der Waals surface area contributed by atoms with Crippen LogP contribution in [0.2, 0.25) is 10.0 Å². The molecular formula is C16H13Cl2NO3S. The van der Waals surface area contributed by atoms with Crippen molar-refractivity contribution in [2.24, 2.45) is 0 Å². The van der Waals surface area contributed by atoms with Crippen LogP contribution in [0.3, 0.4) is 0 Å². The molecule has 1 aromatic heterocycles. The number of nitrogens with one attached hydrogen (secondary N) is 1. The van der Waals surface area contributed by atoms with Crippen LogP contribution in [0.5, 0.6) is 0 Å². The van der Waals surface area contributed by atoms with E-state index in [1.807, 2.05) is 6.07 Å². The number of benzene rings is 1. The average Bonchev–Trinajstić information content (AvgIpc) is 3.10. The Balaban J connectivity index is 1.53. The Kier molecular flexibility index (Phi) is 4.90. The number of hydrogen-bond acceptors (Lipinski definition) is 4. The van der Waals surface area contributed by atoms with Crippen LogP contribution in [0.1, 0.15) is 26.5 Å². The number of thiophene rings is 1. The van der Waals surface area contributed by atoms with E-state index in [4.69, 9.17) is 27.9 Å². The molecule has 0 spiro atoms. The number of carbonyl (C=O) groups excluding carboxylic acids is 2. The van der Waals surface area contributed by atoms with Crippen LogP contribution in [0.4, 0.5) is 5.69 Å². The van der Waals surface area contributed by atoms with E-state index in [0.717, 1.165) is 19.3 Å². The molecule has 2 aromatic rings. The summed E-state index contributed by atoms with van der Waals surface area (Å²) in [5.74, 6) is -0.894. The SMILES string of the molecule is O=C(COC(=O)c1cc2c(s1)CCC2)Nc1ccc(Cl)c(Cl)c1. The van der Waals surface area contributed by atoms with E-state index in [9.17, 15) is 9.59 Å². The summed E-state index contributed by atoms with van der Waals surface area (Å²) < 4.78 is 5.05. The highest BCUT2D eigenvalue weighted by molar-refractivity contribution is 7.14. The molecule has 0 unspecified atom stereocenters. The van der Waals surface area contributed by atoms with E-state index in [0.29, 0.717) is 20.6 Å². The van der Waals surface area contributed by atoms with Crippen molar-refractivity contribution in [3.63, 3.8) is 0 Å². The number of rotatable bonds is 4. The minimum absolute atomic E-state index is 0.342. The minimum Gasteiger partial charge on any atom is -0.451 e. The number of halogens is 2. The van der Waals surface area contributed by atoms with Crippen LogP contribution in [0.25, 0.3) is 0 Å². The molecule has 0 radical (unpaired) electrons. The second kappa shape index (κ2) is 6.91. The van der Waals surface area contributed by atoms with Crippen molar-refractivity contribution in [1.82, 2.24) is 0 Å². The molecule has 0 saturated heterocycles. The third-order valence-corrected chi connectivity index (χ3v) is 5.44. The predicted octanol–water partition coefficient (Wildman–Crippen LogP) is 4.34. The fourth-order valence-electron chi connectivity index (χ4n) is 2.40. The highest BCUT2D eigenvalue weighted by atomic mass is 35.5. The highest BCUT2D eigenvalue weighted by Gasteiger charge is 2.20. The normalized spacial score (nSPS) is 12.8. The summed E-state index contributed by atoms with van der Waals surface area (Å²) in [5.41, 5.74) is 1.72. The van der Waals surface area contributed by atoms with Crippen LogP contribution in [0, 0.1) is 0 Å². The predicted molar refractivity (Wildman–Crippen MR) is 91.7 cm³/mol. The minimum atomic E-state index is -0.464. The molecule has 120 valence electrons. The van der Waals surface area contributed by atoms with Crippen molar-refractivity contribution >= 4 is 52.1 Å². The third kappa shape index (κ3) is 3.86. The zero-order valence-electron chi connectivity index (χ0n) is 12.0. The van der Waals surface area contributed by atoms with Gasteiger partial charge in [0.15, 0.2) is 6.61 Å². The second-order valence-electron chi connectivity index (χ2n) is 5.17. The Labute approximate surface area is 147 Å². The summed E-state index contributed by atoms with van der Waals surface area (Å²) in [5, 5.41) is 3.35. The van der Waals surface area contributed by atoms with Crippen LogP contribution in [-0.4, -0.2) is 18.5 Å². The van der Waals surface area contributed by atoms with Crippen molar-refractivity contribution in [3.05, 3.63) is 49.6 Å². The van der Waals surface area contributed by atoms with Gasteiger partial charge in [-0.15, -0.1) is 11.3 Å². The first kappa shape index (κ1) is 16.3. The van der Waals surface area contributed by atoms with Gasteiger partial charge in [0.2, 0.25) is 0 Å². The monoisotopic (exact) mass is 369 g/mol. The summed E-state index contributed by atoms with van der Waals surface area (Å²) in [6.07, 6.45) is 3.17. The molecule has 23 heavy (non-hydrogen) atoms. The van der Waals surface area contributed by atoms with E-state index < -0.39 is 11.9 Å². The van der Waals surface area contributed by atoms with Gasteiger partial charge in [-0.25, -0.2) is 4.79 Å². The second-order valence-corrected chi connectivity index (χ2v) is 7.12. The molecule has 1 aliphatic carbocycles. The lowest BCUT2D eigenvalue weighted by molar-refractivity contribution is -0.119. The van der Waals surface area contributed by atoms with Gasteiger partial charge < -0.3 is 10.1 Å². The Morgan fingerprint density at radius 3 is 2.74 bits per heavy atom. The smallest absolute Gasteiger partial charge is 0.348 e. The Morgan fingerprint density at radius 2 is 2.00 bits per heavy atom. The highest BCUT2D eigenvalue weighted by Crippen LogP contribution is 2.31. The largest absolute Gasteiger partial charge is 0.451 e. The zero-order chi connectivity index (χ0) is 16.4. The van der Waals surface area contributed by atoms with Crippen LogP contribution in [-0.2, 0) is 22.4 Å². The van der Waals surface area contributed by atoms with Gasteiger partial charge in [-0.2, -0.15) is 0 Å². The number of esters is 1. The number of anilines is 1. The summed E-state index contributed by atoms with van der Waals surface area (Å²) in [7, 11) is 0. The molecule has 3 rings (SSSR count). The number of aryl methyl sites for hydroxylation is 2. The standard InChI is InChI=1S/C16H13Cl2NO3S/c17-11-5-4-10(7-12(11)18)19-15(20)8-22-16(21)14-6-9-2-1-3-13(9)23-14/h4-7H,1-3,8H2,(H,19,20). The first-order valence-electron chi connectivity index (χ1n) is 7.06. The van der Waals surface area contributed by atoms with E-state index in [1.165, 1.54) is 27.8 Å². The Morgan fingerprint density at radius 1 is 1.17 bits per heavy atom. The third-order valence-electron chi connectivity index (χ3n) is 3.49. The summed E-state index contributed by atoms with van der Waals surface area (Å²) in [6.45, 7) is -0.346. The molecule has 4 nitrogen and oxygen atoms in total. The lowest BCUT2D eigenvalue weighted by atomic mass is 10.2. The van der Waals surface area contributed by atoms with E-state index >= 15 is 0 Å².